The number of hydrogen-bond acceptors (Lipinski definition) is 4. The van der Waals surface area contributed by atoms with E-state index in [1.54, 1.807) is 36.4 Å². The van der Waals surface area contributed by atoms with E-state index in [9.17, 15) is 9.59 Å². The zero-order valence-corrected chi connectivity index (χ0v) is 19.6. The third-order valence-corrected chi connectivity index (χ3v) is 4.72. The maximum absolute atomic E-state index is 12.6. The summed E-state index contributed by atoms with van der Waals surface area (Å²) in [5.74, 6) is 0.748. The van der Waals surface area contributed by atoms with Gasteiger partial charge in [0, 0.05) is 11.0 Å². The van der Waals surface area contributed by atoms with Gasteiger partial charge in [0.25, 0.3) is 0 Å². The van der Waals surface area contributed by atoms with Crippen molar-refractivity contribution in [2.75, 3.05) is 0 Å². The number of ketones is 1. The molecule has 32 heavy (non-hydrogen) atoms. The van der Waals surface area contributed by atoms with E-state index in [1.165, 1.54) is 0 Å². The van der Waals surface area contributed by atoms with Gasteiger partial charge in [0.15, 0.2) is 5.78 Å². The van der Waals surface area contributed by atoms with Crippen LogP contribution in [0.1, 0.15) is 62.3 Å². The molecular formula is C28H30O4. The number of Topliss-reactive ketones (excluding diaryl/α,β-unsaturated/α-hetero) is 1. The number of hydrogen-bond donors (Lipinski definition) is 0. The first-order valence-electron chi connectivity index (χ1n) is 10.7. The summed E-state index contributed by atoms with van der Waals surface area (Å²) in [5, 5.41) is 0. The molecule has 0 aromatic heterocycles. The Labute approximate surface area is 190 Å². The largest absolute Gasteiger partial charge is 0.488 e. The first-order chi connectivity index (χ1) is 14.9. The molecule has 4 heteroatoms. The number of benzene rings is 3. The predicted octanol–water partition coefficient (Wildman–Crippen LogP) is 6.98. The molecule has 3 aromatic rings. The Kier molecular flexibility index (Phi) is 6.54. The van der Waals surface area contributed by atoms with E-state index in [-0.39, 0.29) is 11.4 Å². The summed E-state index contributed by atoms with van der Waals surface area (Å²) in [4.78, 5) is 25.1. The van der Waals surface area contributed by atoms with Crippen LogP contribution in [0, 0.1) is 5.41 Å². The molecule has 0 aliphatic heterocycles. The van der Waals surface area contributed by atoms with Gasteiger partial charge in [-0.25, -0.2) is 4.79 Å². The highest BCUT2D eigenvalue weighted by Crippen LogP contribution is 2.27. The van der Waals surface area contributed by atoms with E-state index in [0.29, 0.717) is 16.9 Å². The summed E-state index contributed by atoms with van der Waals surface area (Å²) >= 11 is 0. The van der Waals surface area contributed by atoms with E-state index in [2.05, 4.69) is 0 Å². The zero-order chi connectivity index (χ0) is 23.5. The van der Waals surface area contributed by atoms with Crippen LogP contribution in [0.25, 0.3) is 11.1 Å². The van der Waals surface area contributed by atoms with Crippen LogP contribution in [0.2, 0.25) is 0 Å². The third kappa shape index (κ3) is 6.07. The molecule has 0 spiro atoms. The van der Waals surface area contributed by atoms with Gasteiger partial charge in [0.2, 0.25) is 0 Å². The highest BCUT2D eigenvalue weighted by molar-refractivity contribution is 6.02. The molecule has 0 N–H and O–H groups in total. The second-order valence-electron chi connectivity index (χ2n) is 9.81. The van der Waals surface area contributed by atoms with Gasteiger partial charge in [-0.3, -0.25) is 4.79 Å². The molecule has 4 nitrogen and oxygen atoms in total. The van der Waals surface area contributed by atoms with E-state index in [4.69, 9.17) is 9.47 Å². The lowest BCUT2D eigenvalue weighted by atomic mass is 9.86. The minimum atomic E-state index is -0.518. The van der Waals surface area contributed by atoms with Gasteiger partial charge in [-0.05, 0) is 68.3 Å². The zero-order valence-electron chi connectivity index (χ0n) is 19.6. The van der Waals surface area contributed by atoms with Crippen LogP contribution in [-0.2, 0) is 0 Å². The summed E-state index contributed by atoms with van der Waals surface area (Å²) in [6, 6.07) is 21.9. The quantitative estimate of drug-likeness (QED) is 0.249. The molecule has 3 rings (SSSR count). The lowest BCUT2D eigenvalue weighted by Gasteiger charge is -2.21. The maximum Gasteiger partial charge on any atom is 0.343 e. The lowest BCUT2D eigenvalue weighted by molar-refractivity contribution is 0.0734. The van der Waals surface area contributed by atoms with Gasteiger partial charge in [-0.15, -0.1) is 0 Å². The van der Waals surface area contributed by atoms with Crippen molar-refractivity contribution in [1.29, 1.82) is 0 Å². The fraction of sp³-hybridized carbons (Fsp3) is 0.286. The van der Waals surface area contributed by atoms with Crippen LogP contribution in [0.4, 0.5) is 0 Å². The summed E-state index contributed by atoms with van der Waals surface area (Å²) in [6.45, 7) is 11.6. The number of carbonyl (C=O) groups excluding carboxylic acids is 2. The molecule has 0 aliphatic rings. The highest BCUT2D eigenvalue weighted by Gasteiger charge is 2.23. The van der Waals surface area contributed by atoms with Crippen LogP contribution >= 0.6 is 0 Å². The monoisotopic (exact) mass is 430 g/mol. The summed E-state index contributed by atoms with van der Waals surface area (Å²) in [7, 11) is 0. The Morgan fingerprint density at radius 3 is 1.66 bits per heavy atom. The number of ether oxygens (including phenoxy) is 2. The molecule has 0 radical (unpaired) electrons. The van der Waals surface area contributed by atoms with Crippen LogP contribution in [0.5, 0.6) is 11.5 Å². The van der Waals surface area contributed by atoms with Crippen molar-refractivity contribution in [2.24, 2.45) is 5.41 Å². The minimum absolute atomic E-state index is 0.0181. The first-order valence-corrected chi connectivity index (χ1v) is 10.7. The normalized spacial score (nSPS) is 11.7. The fourth-order valence-corrected chi connectivity index (χ4v) is 3.17. The molecule has 0 unspecified atom stereocenters. The third-order valence-electron chi connectivity index (χ3n) is 4.72. The van der Waals surface area contributed by atoms with Gasteiger partial charge in [0.05, 0.1) is 5.56 Å². The van der Waals surface area contributed by atoms with E-state index >= 15 is 0 Å². The van der Waals surface area contributed by atoms with Crippen molar-refractivity contribution in [3.8, 4) is 22.6 Å². The average molecular weight is 431 g/mol. The molecule has 0 heterocycles. The molecule has 0 fully saturated rings. The SMILES string of the molecule is CC(C)(C)Oc1ccc(-c2ccc(OC(=O)c3cccc(C(=O)C(C)(C)C)c3)cc2)cc1. The van der Waals surface area contributed by atoms with Gasteiger partial charge in [-0.2, -0.15) is 0 Å². The Hall–Kier alpha value is -3.40. The molecule has 0 amide bonds. The van der Waals surface area contributed by atoms with Crippen LogP contribution in [-0.4, -0.2) is 17.4 Å². The molecule has 0 aliphatic carbocycles. The van der Waals surface area contributed by atoms with Crippen LogP contribution < -0.4 is 9.47 Å². The summed E-state index contributed by atoms with van der Waals surface area (Å²) in [5.41, 5.74) is 2.13. The second kappa shape index (κ2) is 8.99. The van der Waals surface area contributed by atoms with Crippen LogP contribution in [0.3, 0.4) is 0 Å². The van der Waals surface area contributed by atoms with Gasteiger partial charge >= 0.3 is 5.97 Å². The molecule has 166 valence electrons. The molecular weight excluding hydrogens is 400 g/mol. The average Bonchev–Trinajstić information content (AvgIpc) is 2.72. The number of esters is 1. The van der Waals surface area contributed by atoms with Crippen molar-refractivity contribution in [1.82, 2.24) is 0 Å². The van der Waals surface area contributed by atoms with Crippen molar-refractivity contribution < 1.29 is 19.1 Å². The smallest absolute Gasteiger partial charge is 0.343 e. The van der Waals surface area contributed by atoms with Gasteiger partial charge in [0.1, 0.15) is 17.1 Å². The highest BCUT2D eigenvalue weighted by atomic mass is 16.5. The minimum Gasteiger partial charge on any atom is -0.488 e. The maximum atomic E-state index is 12.6. The topological polar surface area (TPSA) is 52.6 Å². The lowest BCUT2D eigenvalue weighted by Crippen LogP contribution is -2.22. The van der Waals surface area contributed by atoms with Crippen molar-refractivity contribution in [2.45, 2.75) is 47.1 Å². The van der Waals surface area contributed by atoms with Crippen LogP contribution in [0.15, 0.2) is 72.8 Å². The predicted molar refractivity (Wildman–Crippen MR) is 127 cm³/mol. The summed E-state index contributed by atoms with van der Waals surface area (Å²) in [6.07, 6.45) is 0. The van der Waals surface area contributed by atoms with Crippen molar-refractivity contribution >= 4 is 11.8 Å². The molecule has 0 atom stereocenters. The standard InChI is InChI=1S/C28H30O4/c1-27(2,3)25(29)21-8-7-9-22(18-21)26(30)31-23-14-10-19(11-15-23)20-12-16-24(17-13-20)32-28(4,5)6/h7-18H,1-6H3. The number of rotatable bonds is 5. The molecule has 0 saturated carbocycles. The summed E-state index contributed by atoms with van der Waals surface area (Å²) < 4.78 is 11.4. The van der Waals surface area contributed by atoms with Gasteiger partial charge in [-0.1, -0.05) is 57.2 Å². The Balaban J connectivity index is 1.70. The van der Waals surface area contributed by atoms with E-state index < -0.39 is 11.4 Å². The molecule has 3 aromatic carbocycles. The first kappa shape index (κ1) is 23.3. The van der Waals surface area contributed by atoms with E-state index in [0.717, 1.165) is 16.9 Å². The van der Waals surface area contributed by atoms with Crippen molar-refractivity contribution in [3.63, 3.8) is 0 Å². The number of carbonyl (C=O) groups is 2. The van der Waals surface area contributed by atoms with Crippen molar-refractivity contribution in [3.05, 3.63) is 83.9 Å². The molecule has 0 saturated heterocycles. The molecule has 0 bridgehead atoms. The van der Waals surface area contributed by atoms with Gasteiger partial charge < -0.3 is 9.47 Å². The fourth-order valence-electron chi connectivity index (χ4n) is 3.17. The Morgan fingerprint density at radius 2 is 1.16 bits per heavy atom. The second-order valence-corrected chi connectivity index (χ2v) is 9.81. The van der Waals surface area contributed by atoms with E-state index in [1.807, 2.05) is 77.9 Å². The Morgan fingerprint density at radius 1 is 0.656 bits per heavy atom. The Bertz CT molecular complexity index is 1100.